The number of likely N-dealkylation sites (tertiary alicyclic amines) is 1. The average Bonchev–Trinajstić information content (AvgIpc) is 2.27. The number of alkyl halides is 1. The van der Waals surface area contributed by atoms with Gasteiger partial charge in [0.1, 0.15) is 12.5 Å². The summed E-state index contributed by atoms with van der Waals surface area (Å²) in [7, 11) is 1.83. The molecule has 1 unspecified atom stereocenters. The van der Waals surface area contributed by atoms with E-state index in [2.05, 4.69) is 27.7 Å². The smallest absolute Gasteiger partial charge is 0.112 e. The normalized spacial score (nSPS) is 26.7. The third kappa shape index (κ3) is 2.73. The van der Waals surface area contributed by atoms with Gasteiger partial charge >= 0.3 is 0 Å². The molecule has 18 heavy (non-hydrogen) atoms. The maximum absolute atomic E-state index is 6.38. The van der Waals surface area contributed by atoms with Gasteiger partial charge in [-0.15, -0.1) is 11.6 Å². The summed E-state index contributed by atoms with van der Waals surface area (Å²) in [6.07, 6.45) is 5.01. The summed E-state index contributed by atoms with van der Waals surface area (Å²) < 4.78 is 0. The standard InChI is InChI=1S/C12H24ClN5/c1-3-10(13)11(17-16-8-15-2)18-6-12(7-18)4-9(14)5-12/h8-11,17H,3-7,14H2,1-2H3,(H,15,16)/t10-,11?/m1/s1. The van der Waals surface area contributed by atoms with Gasteiger partial charge in [-0.2, -0.15) is 5.10 Å². The first-order valence-corrected chi connectivity index (χ1v) is 7.12. The molecule has 1 spiro atoms. The Labute approximate surface area is 114 Å². The minimum Gasteiger partial charge on any atom is -0.378 e. The number of hydrogen-bond donors (Lipinski definition) is 3. The number of nitrogens with one attached hydrogen (secondary N) is 2. The van der Waals surface area contributed by atoms with Gasteiger partial charge in [0.15, 0.2) is 0 Å². The molecule has 1 saturated heterocycles. The summed E-state index contributed by atoms with van der Waals surface area (Å²) >= 11 is 6.38. The highest BCUT2D eigenvalue weighted by Gasteiger charge is 2.53. The molecule has 1 heterocycles. The lowest BCUT2D eigenvalue weighted by Gasteiger charge is -2.60. The summed E-state index contributed by atoms with van der Waals surface area (Å²) in [4.78, 5) is 2.38. The van der Waals surface area contributed by atoms with Gasteiger partial charge in [-0.3, -0.25) is 10.3 Å². The van der Waals surface area contributed by atoms with Gasteiger partial charge in [0.2, 0.25) is 0 Å². The van der Waals surface area contributed by atoms with Crippen LogP contribution in [0.4, 0.5) is 0 Å². The fourth-order valence-electron chi connectivity index (χ4n) is 3.12. The molecule has 1 aliphatic carbocycles. The van der Waals surface area contributed by atoms with E-state index in [0.717, 1.165) is 32.4 Å². The first-order chi connectivity index (χ1) is 8.60. The largest absolute Gasteiger partial charge is 0.378 e. The monoisotopic (exact) mass is 273 g/mol. The van der Waals surface area contributed by atoms with Crippen LogP contribution in [0.15, 0.2) is 5.10 Å². The second kappa shape index (κ2) is 5.63. The zero-order valence-corrected chi connectivity index (χ0v) is 12.0. The van der Waals surface area contributed by atoms with E-state index in [1.807, 2.05) is 7.05 Å². The van der Waals surface area contributed by atoms with Gasteiger partial charge in [0, 0.05) is 26.2 Å². The van der Waals surface area contributed by atoms with Crippen LogP contribution >= 0.6 is 11.6 Å². The number of nitrogens with zero attached hydrogens (tertiary/aromatic N) is 2. The molecule has 4 N–H and O–H groups in total. The molecule has 6 heteroatoms. The lowest BCUT2D eigenvalue weighted by Crippen LogP contribution is -2.70. The lowest BCUT2D eigenvalue weighted by molar-refractivity contribution is -0.0993. The van der Waals surface area contributed by atoms with E-state index in [4.69, 9.17) is 17.3 Å². The molecular weight excluding hydrogens is 250 g/mol. The lowest BCUT2D eigenvalue weighted by atomic mass is 9.61. The molecule has 2 atom stereocenters. The van der Waals surface area contributed by atoms with Crippen LogP contribution in [-0.4, -0.2) is 49.0 Å². The van der Waals surface area contributed by atoms with E-state index < -0.39 is 0 Å². The maximum Gasteiger partial charge on any atom is 0.112 e. The zero-order valence-electron chi connectivity index (χ0n) is 11.2. The summed E-state index contributed by atoms with van der Waals surface area (Å²) in [6, 6.07) is 0.416. The van der Waals surface area contributed by atoms with Crippen molar-refractivity contribution in [2.24, 2.45) is 16.3 Å². The summed E-state index contributed by atoms with van der Waals surface area (Å²) in [5.74, 6) is 0. The van der Waals surface area contributed by atoms with E-state index in [1.54, 1.807) is 6.34 Å². The number of hydrazone groups is 1. The van der Waals surface area contributed by atoms with Crippen molar-refractivity contribution in [3.8, 4) is 0 Å². The van der Waals surface area contributed by atoms with Crippen molar-refractivity contribution < 1.29 is 0 Å². The molecule has 0 aromatic heterocycles. The van der Waals surface area contributed by atoms with E-state index in [1.165, 1.54) is 0 Å². The molecule has 0 aromatic carbocycles. The van der Waals surface area contributed by atoms with Crippen molar-refractivity contribution in [3.63, 3.8) is 0 Å². The van der Waals surface area contributed by atoms with E-state index >= 15 is 0 Å². The quantitative estimate of drug-likeness (QED) is 0.285. The number of halogens is 1. The van der Waals surface area contributed by atoms with Crippen LogP contribution < -0.4 is 16.5 Å². The SMILES string of the molecule is CC[C@@H](Cl)C(N/N=C\NC)N1CC2(CC(N)C2)C1. The fraction of sp³-hybridized carbons (Fsp3) is 0.917. The van der Waals surface area contributed by atoms with Crippen molar-refractivity contribution in [2.45, 2.75) is 43.8 Å². The van der Waals surface area contributed by atoms with Crippen molar-refractivity contribution >= 4 is 17.9 Å². The van der Waals surface area contributed by atoms with Crippen molar-refractivity contribution in [1.82, 2.24) is 15.6 Å². The Morgan fingerprint density at radius 1 is 1.56 bits per heavy atom. The molecule has 0 amide bonds. The Balaban J connectivity index is 1.84. The van der Waals surface area contributed by atoms with E-state index in [9.17, 15) is 0 Å². The predicted molar refractivity (Wildman–Crippen MR) is 75.6 cm³/mol. The molecular formula is C12H24ClN5. The minimum atomic E-state index is 0.0742. The zero-order chi connectivity index (χ0) is 13.2. The van der Waals surface area contributed by atoms with E-state index in [-0.39, 0.29) is 11.5 Å². The molecule has 2 fully saturated rings. The molecule has 5 nitrogen and oxygen atoms in total. The second-order valence-electron chi connectivity index (χ2n) is 5.62. The number of hydrogen-bond acceptors (Lipinski definition) is 4. The van der Waals surface area contributed by atoms with Crippen LogP contribution in [0.5, 0.6) is 0 Å². The number of nitrogens with two attached hydrogens (primary N) is 1. The highest BCUT2D eigenvalue weighted by atomic mass is 35.5. The maximum atomic E-state index is 6.38. The first kappa shape index (κ1) is 13.9. The summed E-state index contributed by atoms with van der Waals surface area (Å²) in [5, 5.41) is 7.07. The third-order valence-corrected chi connectivity index (χ3v) is 4.54. The van der Waals surface area contributed by atoms with Gasteiger partial charge in [-0.05, 0) is 24.7 Å². The van der Waals surface area contributed by atoms with Crippen LogP contribution in [0.25, 0.3) is 0 Å². The molecule has 0 bridgehead atoms. The molecule has 2 rings (SSSR count). The summed E-state index contributed by atoms with van der Waals surface area (Å²) in [6.45, 7) is 4.29. The minimum absolute atomic E-state index is 0.0742. The summed E-state index contributed by atoms with van der Waals surface area (Å²) in [5.41, 5.74) is 9.50. The van der Waals surface area contributed by atoms with Crippen LogP contribution in [0.3, 0.4) is 0 Å². The Morgan fingerprint density at radius 3 is 2.72 bits per heavy atom. The van der Waals surface area contributed by atoms with Crippen molar-refractivity contribution in [3.05, 3.63) is 0 Å². The third-order valence-electron chi connectivity index (χ3n) is 3.99. The highest BCUT2D eigenvalue weighted by Crippen LogP contribution is 2.48. The topological polar surface area (TPSA) is 65.7 Å². The second-order valence-corrected chi connectivity index (χ2v) is 6.18. The molecule has 104 valence electrons. The van der Waals surface area contributed by atoms with Crippen LogP contribution in [-0.2, 0) is 0 Å². The van der Waals surface area contributed by atoms with Crippen molar-refractivity contribution in [1.29, 1.82) is 0 Å². The first-order valence-electron chi connectivity index (χ1n) is 6.68. The Hall–Kier alpha value is -0.520. The molecule has 0 aromatic rings. The Bertz CT molecular complexity index is 295. The van der Waals surface area contributed by atoms with Gasteiger partial charge in [0.05, 0.1) is 5.38 Å². The average molecular weight is 274 g/mol. The van der Waals surface area contributed by atoms with Gasteiger partial charge < -0.3 is 11.1 Å². The van der Waals surface area contributed by atoms with Crippen LogP contribution in [0.2, 0.25) is 0 Å². The van der Waals surface area contributed by atoms with Crippen LogP contribution in [0.1, 0.15) is 26.2 Å². The molecule has 0 radical (unpaired) electrons. The molecule has 1 saturated carbocycles. The molecule has 2 aliphatic rings. The molecule has 1 aliphatic heterocycles. The Kier molecular flexibility index (Phi) is 4.35. The Morgan fingerprint density at radius 2 is 2.22 bits per heavy atom. The van der Waals surface area contributed by atoms with Gasteiger partial charge in [-0.25, -0.2) is 0 Å². The number of rotatable bonds is 6. The fourth-order valence-corrected chi connectivity index (χ4v) is 3.33. The van der Waals surface area contributed by atoms with Crippen LogP contribution in [0, 0.1) is 5.41 Å². The predicted octanol–water partition coefficient (Wildman–Crippen LogP) is 0.505. The highest BCUT2D eigenvalue weighted by molar-refractivity contribution is 6.21. The van der Waals surface area contributed by atoms with Crippen molar-refractivity contribution in [2.75, 3.05) is 20.1 Å². The van der Waals surface area contributed by atoms with Gasteiger partial charge in [0.25, 0.3) is 0 Å². The van der Waals surface area contributed by atoms with E-state index in [0.29, 0.717) is 11.5 Å². The van der Waals surface area contributed by atoms with Gasteiger partial charge in [-0.1, -0.05) is 6.92 Å².